The highest BCUT2D eigenvalue weighted by atomic mass is 35.5. The molecule has 30 heavy (non-hydrogen) atoms. The number of rotatable bonds is 5. The summed E-state index contributed by atoms with van der Waals surface area (Å²) in [6, 6.07) is 9.51. The smallest absolute Gasteiger partial charge is 0.337 e. The Morgan fingerprint density at radius 1 is 1.20 bits per heavy atom. The lowest BCUT2D eigenvalue weighted by atomic mass is 9.90. The first-order chi connectivity index (χ1) is 14.4. The molecule has 0 amide bonds. The number of anilines is 1. The van der Waals surface area contributed by atoms with Gasteiger partial charge in [-0.1, -0.05) is 29.8 Å². The SMILES string of the molecule is O=C(O)c1ccncc1NC[C@@H]1NCCc2cc(-c3cc(F)c(Cl)c(F)c3)ccc21. The van der Waals surface area contributed by atoms with Gasteiger partial charge in [0.1, 0.15) is 16.7 Å². The van der Waals surface area contributed by atoms with E-state index in [1.165, 1.54) is 30.6 Å². The maximum Gasteiger partial charge on any atom is 0.337 e. The van der Waals surface area contributed by atoms with Gasteiger partial charge in [-0.15, -0.1) is 0 Å². The summed E-state index contributed by atoms with van der Waals surface area (Å²) in [5.74, 6) is -2.61. The molecule has 2 heterocycles. The number of halogens is 3. The zero-order chi connectivity index (χ0) is 21.3. The molecule has 8 heteroatoms. The largest absolute Gasteiger partial charge is 0.478 e. The van der Waals surface area contributed by atoms with Crippen LogP contribution in [0.5, 0.6) is 0 Å². The highest BCUT2D eigenvalue weighted by molar-refractivity contribution is 6.31. The van der Waals surface area contributed by atoms with Crippen molar-refractivity contribution in [2.75, 3.05) is 18.4 Å². The fraction of sp³-hybridized carbons (Fsp3) is 0.182. The molecule has 0 fully saturated rings. The third-order valence-corrected chi connectivity index (χ3v) is 5.53. The van der Waals surface area contributed by atoms with E-state index in [0.29, 0.717) is 23.4 Å². The van der Waals surface area contributed by atoms with Gasteiger partial charge in [0.2, 0.25) is 0 Å². The molecule has 0 saturated heterocycles. The van der Waals surface area contributed by atoms with Crippen LogP contribution in [0.15, 0.2) is 48.8 Å². The lowest BCUT2D eigenvalue weighted by Crippen LogP contribution is -2.34. The van der Waals surface area contributed by atoms with Gasteiger partial charge in [0.05, 0.1) is 17.4 Å². The minimum Gasteiger partial charge on any atom is -0.478 e. The monoisotopic (exact) mass is 429 g/mol. The van der Waals surface area contributed by atoms with Crippen molar-refractivity contribution in [2.24, 2.45) is 0 Å². The Bertz CT molecular complexity index is 1100. The third-order valence-electron chi connectivity index (χ3n) is 5.17. The van der Waals surface area contributed by atoms with Crippen LogP contribution in [0.1, 0.15) is 27.5 Å². The van der Waals surface area contributed by atoms with Crippen molar-refractivity contribution in [2.45, 2.75) is 12.5 Å². The minimum atomic E-state index is -1.02. The Labute approximate surface area is 176 Å². The van der Waals surface area contributed by atoms with Crippen molar-refractivity contribution in [3.63, 3.8) is 0 Å². The van der Waals surface area contributed by atoms with Crippen molar-refractivity contribution < 1.29 is 18.7 Å². The molecular formula is C22H18ClF2N3O2. The molecule has 154 valence electrons. The average Bonchev–Trinajstić information content (AvgIpc) is 2.75. The lowest BCUT2D eigenvalue weighted by molar-refractivity contribution is 0.0697. The van der Waals surface area contributed by atoms with Crippen LogP contribution in [0.4, 0.5) is 14.5 Å². The molecular weight excluding hydrogens is 412 g/mol. The molecule has 3 aromatic rings. The molecule has 0 aliphatic carbocycles. The number of fused-ring (bicyclic) bond motifs is 1. The summed E-state index contributed by atoms with van der Waals surface area (Å²) in [5.41, 5.74) is 3.85. The normalized spacial score (nSPS) is 15.5. The molecule has 0 saturated carbocycles. The molecule has 0 bridgehead atoms. The Balaban J connectivity index is 1.58. The molecule has 1 aliphatic rings. The average molecular weight is 430 g/mol. The molecule has 3 N–H and O–H groups in total. The van der Waals surface area contributed by atoms with Gasteiger partial charge in [0.15, 0.2) is 0 Å². The maximum atomic E-state index is 13.8. The topological polar surface area (TPSA) is 74.2 Å². The van der Waals surface area contributed by atoms with Gasteiger partial charge in [-0.05, 0) is 53.4 Å². The van der Waals surface area contributed by atoms with Crippen LogP contribution >= 0.6 is 11.6 Å². The molecule has 0 radical (unpaired) electrons. The Morgan fingerprint density at radius 2 is 1.97 bits per heavy atom. The summed E-state index contributed by atoms with van der Waals surface area (Å²) in [4.78, 5) is 15.4. The van der Waals surface area contributed by atoms with E-state index in [9.17, 15) is 18.7 Å². The molecule has 0 spiro atoms. The fourth-order valence-electron chi connectivity index (χ4n) is 3.67. The molecule has 5 nitrogen and oxygen atoms in total. The van der Waals surface area contributed by atoms with Gasteiger partial charge >= 0.3 is 5.97 Å². The molecule has 1 aromatic heterocycles. The molecule has 1 aliphatic heterocycles. The Morgan fingerprint density at radius 3 is 2.70 bits per heavy atom. The van der Waals surface area contributed by atoms with Crippen LogP contribution in [0.3, 0.4) is 0 Å². The first kappa shape index (κ1) is 20.3. The lowest BCUT2D eigenvalue weighted by Gasteiger charge is -2.28. The number of pyridine rings is 1. The van der Waals surface area contributed by atoms with Crippen molar-refractivity contribution in [3.8, 4) is 11.1 Å². The van der Waals surface area contributed by atoms with Crippen molar-refractivity contribution in [1.82, 2.24) is 10.3 Å². The van der Waals surface area contributed by atoms with Crippen molar-refractivity contribution in [1.29, 1.82) is 0 Å². The number of aromatic carboxylic acids is 1. The predicted molar refractivity (Wildman–Crippen MR) is 111 cm³/mol. The second kappa shape index (κ2) is 8.38. The van der Waals surface area contributed by atoms with E-state index in [1.54, 1.807) is 0 Å². The van der Waals surface area contributed by atoms with Crippen LogP contribution in [-0.2, 0) is 6.42 Å². The number of aromatic nitrogens is 1. The van der Waals surface area contributed by atoms with Crippen LogP contribution in [-0.4, -0.2) is 29.1 Å². The Hall–Kier alpha value is -3.03. The highest BCUT2D eigenvalue weighted by Gasteiger charge is 2.21. The van der Waals surface area contributed by atoms with E-state index < -0.39 is 22.6 Å². The number of benzene rings is 2. The van der Waals surface area contributed by atoms with Gasteiger partial charge in [-0.2, -0.15) is 0 Å². The van der Waals surface area contributed by atoms with E-state index in [-0.39, 0.29) is 11.6 Å². The molecule has 4 rings (SSSR count). The standard InChI is InChI=1S/C22H18ClF2N3O2/c23-21-17(24)8-14(9-18(21)25)12-1-2-15-13(7-12)3-6-27-20(15)11-28-19-10-26-5-4-16(19)22(29)30/h1-2,4-5,7-10,20,27-28H,3,6,11H2,(H,29,30)/t20-/m0/s1. The highest BCUT2D eigenvalue weighted by Crippen LogP contribution is 2.31. The first-order valence-electron chi connectivity index (χ1n) is 9.36. The van der Waals surface area contributed by atoms with Crippen molar-refractivity contribution in [3.05, 3.63) is 82.1 Å². The van der Waals surface area contributed by atoms with Crippen LogP contribution in [0, 0.1) is 11.6 Å². The minimum absolute atomic E-state index is 0.0525. The summed E-state index contributed by atoms with van der Waals surface area (Å²) in [6.07, 6.45) is 3.69. The number of hydrogen-bond acceptors (Lipinski definition) is 4. The Kier molecular flexibility index (Phi) is 5.65. The zero-order valence-corrected chi connectivity index (χ0v) is 16.5. The van der Waals surface area contributed by atoms with Gasteiger partial charge in [-0.3, -0.25) is 4.98 Å². The summed E-state index contributed by atoms with van der Waals surface area (Å²) < 4.78 is 27.7. The van der Waals surface area contributed by atoms with E-state index in [2.05, 4.69) is 15.6 Å². The maximum absolute atomic E-state index is 13.8. The number of nitrogens with one attached hydrogen (secondary N) is 2. The second-order valence-corrected chi connectivity index (χ2v) is 7.41. The van der Waals surface area contributed by atoms with Crippen molar-refractivity contribution >= 4 is 23.3 Å². The zero-order valence-electron chi connectivity index (χ0n) is 15.8. The van der Waals surface area contributed by atoms with Gasteiger partial charge < -0.3 is 15.7 Å². The quantitative estimate of drug-likeness (QED) is 0.514. The van der Waals surface area contributed by atoms with Gasteiger partial charge in [0, 0.05) is 18.8 Å². The first-order valence-corrected chi connectivity index (χ1v) is 9.74. The predicted octanol–water partition coefficient (Wildman–Crippen LogP) is 4.68. The van der Waals surface area contributed by atoms with Gasteiger partial charge in [0.25, 0.3) is 0 Å². The number of carboxylic acids is 1. The summed E-state index contributed by atoms with van der Waals surface area (Å²) in [6.45, 7) is 1.19. The third kappa shape index (κ3) is 3.99. The number of carbonyl (C=O) groups is 1. The summed E-state index contributed by atoms with van der Waals surface area (Å²) in [5, 5.41) is 15.4. The molecule has 0 unspecified atom stereocenters. The molecule has 2 aromatic carbocycles. The number of nitrogens with zero attached hydrogens (tertiary/aromatic N) is 1. The summed E-state index contributed by atoms with van der Waals surface area (Å²) >= 11 is 5.58. The fourth-order valence-corrected chi connectivity index (χ4v) is 3.78. The van der Waals surface area contributed by atoms with Crippen LogP contribution < -0.4 is 10.6 Å². The van der Waals surface area contributed by atoms with Crippen LogP contribution in [0.25, 0.3) is 11.1 Å². The van der Waals surface area contributed by atoms with E-state index in [4.69, 9.17) is 11.6 Å². The van der Waals surface area contributed by atoms with E-state index in [1.807, 2.05) is 18.2 Å². The van der Waals surface area contributed by atoms with E-state index >= 15 is 0 Å². The summed E-state index contributed by atoms with van der Waals surface area (Å²) in [7, 11) is 0. The van der Waals surface area contributed by atoms with Crippen LogP contribution in [0.2, 0.25) is 5.02 Å². The van der Waals surface area contributed by atoms with Gasteiger partial charge in [-0.25, -0.2) is 13.6 Å². The molecule has 1 atom stereocenters. The van der Waals surface area contributed by atoms with E-state index in [0.717, 1.165) is 24.1 Å². The number of carboxylic acid groups (broad SMARTS) is 1. The number of hydrogen-bond donors (Lipinski definition) is 3. The second-order valence-electron chi connectivity index (χ2n) is 7.03.